The molecule has 2 aliphatic carbocycles. The summed E-state index contributed by atoms with van der Waals surface area (Å²) in [5.41, 5.74) is 2.76. The van der Waals surface area contributed by atoms with Crippen LogP contribution in [0.1, 0.15) is 68.4 Å². The van der Waals surface area contributed by atoms with E-state index in [1.807, 2.05) is 18.2 Å². The first-order chi connectivity index (χ1) is 15.1. The Morgan fingerprint density at radius 3 is 2.26 bits per heavy atom. The topological polar surface area (TPSA) is 0 Å². The van der Waals surface area contributed by atoms with Crippen LogP contribution in [0.15, 0.2) is 61.2 Å². The Morgan fingerprint density at radius 2 is 1.61 bits per heavy atom. The van der Waals surface area contributed by atoms with Gasteiger partial charge in [0.25, 0.3) is 0 Å². The van der Waals surface area contributed by atoms with Gasteiger partial charge in [-0.25, -0.2) is 8.78 Å². The van der Waals surface area contributed by atoms with Crippen LogP contribution in [0, 0.1) is 36.3 Å². The van der Waals surface area contributed by atoms with E-state index in [1.54, 1.807) is 19.1 Å². The van der Waals surface area contributed by atoms with E-state index in [0.717, 1.165) is 29.7 Å². The van der Waals surface area contributed by atoms with Crippen LogP contribution in [0.4, 0.5) is 8.78 Å². The number of benzene rings is 2. The Morgan fingerprint density at radius 1 is 0.871 bits per heavy atom. The molecule has 0 N–H and O–H groups in total. The van der Waals surface area contributed by atoms with Crippen LogP contribution in [0.5, 0.6) is 0 Å². The molecular weight excluding hydrogens is 386 g/mol. The maximum atomic E-state index is 14.3. The fourth-order valence-corrected chi connectivity index (χ4v) is 5.55. The van der Waals surface area contributed by atoms with Crippen LogP contribution in [0.25, 0.3) is 11.1 Å². The first-order valence-electron chi connectivity index (χ1n) is 11.9. The summed E-state index contributed by atoms with van der Waals surface area (Å²) in [6.45, 7) is 5.43. The van der Waals surface area contributed by atoms with E-state index in [-0.39, 0.29) is 0 Å². The van der Waals surface area contributed by atoms with Crippen molar-refractivity contribution >= 4 is 0 Å². The summed E-state index contributed by atoms with van der Waals surface area (Å²) < 4.78 is 28.3. The van der Waals surface area contributed by atoms with Crippen molar-refractivity contribution in [1.82, 2.24) is 0 Å². The Balaban J connectivity index is 1.34. The molecule has 0 radical (unpaired) electrons. The van der Waals surface area contributed by atoms with Crippen molar-refractivity contribution in [3.05, 3.63) is 84.0 Å². The minimum Gasteiger partial charge on any atom is -0.203 e. The van der Waals surface area contributed by atoms with Crippen LogP contribution in [0.2, 0.25) is 0 Å². The van der Waals surface area contributed by atoms with Crippen molar-refractivity contribution in [3.63, 3.8) is 0 Å². The molecule has 0 aromatic heterocycles. The molecule has 2 atom stereocenters. The number of aryl methyl sites for hydroxylation is 1. The molecule has 1 fully saturated rings. The molecule has 0 amide bonds. The second-order valence-corrected chi connectivity index (χ2v) is 9.54. The molecule has 2 heteroatoms. The van der Waals surface area contributed by atoms with Crippen LogP contribution in [0.3, 0.4) is 0 Å². The van der Waals surface area contributed by atoms with Crippen LogP contribution in [-0.2, 0) is 0 Å². The minimum atomic E-state index is -0.750. The van der Waals surface area contributed by atoms with Gasteiger partial charge < -0.3 is 0 Å². The van der Waals surface area contributed by atoms with Gasteiger partial charge in [-0.15, -0.1) is 6.58 Å². The second-order valence-electron chi connectivity index (χ2n) is 9.54. The van der Waals surface area contributed by atoms with Gasteiger partial charge in [0, 0.05) is 5.56 Å². The maximum Gasteiger partial charge on any atom is 0.166 e. The molecule has 2 aromatic carbocycles. The van der Waals surface area contributed by atoms with Crippen LogP contribution < -0.4 is 0 Å². The zero-order valence-corrected chi connectivity index (χ0v) is 18.6. The molecule has 0 saturated heterocycles. The van der Waals surface area contributed by atoms with E-state index in [2.05, 4.69) is 30.9 Å². The molecule has 0 spiro atoms. The molecule has 2 aromatic rings. The highest BCUT2D eigenvalue weighted by atomic mass is 19.2. The lowest BCUT2D eigenvalue weighted by Crippen LogP contribution is -2.22. The molecule has 2 unspecified atom stereocenters. The fourth-order valence-electron chi connectivity index (χ4n) is 5.55. The molecule has 1 saturated carbocycles. The number of rotatable bonds is 6. The standard InChI is InChI=1S/C29H34F2/c1-3-4-5-21-7-9-22(10-8-21)23-11-13-24(14-12-23)25-15-17-26(18-16-25)27-19-6-20(2)28(30)29(27)31/h3,6-7,9,15-19,21-24H,1,4-5,8,10-14H2,2H3. The van der Waals surface area contributed by atoms with Crippen molar-refractivity contribution in [1.29, 1.82) is 0 Å². The molecular formula is C29H34F2. The zero-order chi connectivity index (χ0) is 21.8. The summed E-state index contributed by atoms with van der Waals surface area (Å²) in [4.78, 5) is 0. The van der Waals surface area contributed by atoms with Gasteiger partial charge in [-0.3, -0.25) is 0 Å². The quantitative estimate of drug-likeness (QED) is 0.410. The monoisotopic (exact) mass is 420 g/mol. The van der Waals surface area contributed by atoms with Gasteiger partial charge in [-0.1, -0.05) is 54.6 Å². The van der Waals surface area contributed by atoms with Crippen LogP contribution >= 0.6 is 0 Å². The molecule has 164 valence electrons. The fraction of sp³-hybridized carbons (Fsp3) is 0.448. The molecule has 4 rings (SSSR count). The zero-order valence-electron chi connectivity index (χ0n) is 18.6. The molecule has 0 heterocycles. The van der Waals surface area contributed by atoms with Gasteiger partial charge in [0.05, 0.1) is 0 Å². The highest BCUT2D eigenvalue weighted by molar-refractivity contribution is 5.65. The Bertz CT molecular complexity index is 916. The maximum absolute atomic E-state index is 14.3. The normalized spacial score (nSPS) is 26.0. The summed E-state index contributed by atoms with van der Waals surface area (Å²) in [7, 11) is 0. The Kier molecular flexibility index (Phi) is 7.05. The average Bonchev–Trinajstić information content (AvgIpc) is 2.82. The summed E-state index contributed by atoms with van der Waals surface area (Å²) >= 11 is 0. The first kappa shape index (κ1) is 22.0. The lowest BCUT2D eigenvalue weighted by atomic mass is 9.70. The van der Waals surface area contributed by atoms with Gasteiger partial charge in [0.1, 0.15) is 0 Å². The highest BCUT2D eigenvalue weighted by Crippen LogP contribution is 2.42. The Hall–Kier alpha value is -2.22. The predicted octanol–water partition coefficient (Wildman–Crippen LogP) is 8.76. The number of halogens is 2. The van der Waals surface area contributed by atoms with E-state index in [9.17, 15) is 8.78 Å². The average molecular weight is 421 g/mol. The summed E-state index contributed by atoms with van der Waals surface area (Å²) in [5.74, 6) is 1.40. The molecule has 2 aliphatic rings. The summed E-state index contributed by atoms with van der Waals surface area (Å²) in [6.07, 6.45) is 17.1. The van der Waals surface area contributed by atoms with Crippen molar-refractivity contribution < 1.29 is 8.78 Å². The molecule has 0 nitrogen and oxygen atoms in total. The Labute approximate surface area is 186 Å². The van der Waals surface area contributed by atoms with Gasteiger partial charge in [-0.05, 0) is 98.7 Å². The first-order valence-corrected chi connectivity index (χ1v) is 11.9. The van der Waals surface area contributed by atoms with Crippen molar-refractivity contribution in [3.8, 4) is 11.1 Å². The lowest BCUT2D eigenvalue weighted by molar-refractivity contribution is 0.239. The van der Waals surface area contributed by atoms with E-state index in [1.165, 1.54) is 50.5 Å². The third-order valence-corrected chi connectivity index (χ3v) is 7.59. The molecule has 31 heavy (non-hydrogen) atoms. The number of hydrogen-bond donors (Lipinski definition) is 0. The van der Waals surface area contributed by atoms with Crippen LogP contribution in [-0.4, -0.2) is 0 Å². The van der Waals surface area contributed by atoms with Gasteiger partial charge >= 0.3 is 0 Å². The number of hydrogen-bond acceptors (Lipinski definition) is 0. The van der Waals surface area contributed by atoms with Gasteiger partial charge in [0.15, 0.2) is 11.6 Å². The SMILES string of the molecule is C=CCCC1C=CC(C2CCC(c3ccc(-c4ccc(C)c(F)c4F)cc3)CC2)CC1. The highest BCUT2D eigenvalue weighted by Gasteiger charge is 2.29. The third kappa shape index (κ3) is 5.00. The van der Waals surface area contributed by atoms with E-state index in [4.69, 9.17) is 0 Å². The summed E-state index contributed by atoms with van der Waals surface area (Å²) in [6, 6.07) is 11.4. The van der Waals surface area contributed by atoms with E-state index >= 15 is 0 Å². The number of allylic oxidation sites excluding steroid dienone is 3. The van der Waals surface area contributed by atoms with Crippen molar-refractivity contribution in [2.45, 2.75) is 64.2 Å². The largest absolute Gasteiger partial charge is 0.203 e. The van der Waals surface area contributed by atoms with E-state index in [0.29, 0.717) is 17.0 Å². The minimum absolute atomic E-state index is 0.342. The second kappa shape index (κ2) is 9.94. The lowest BCUT2D eigenvalue weighted by Gasteiger charge is -2.35. The van der Waals surface area contributed by atoms with Crippen molar-refractivity contribution in [2.24, 2.45) is 17.8 Å². The third-order valence-electron chi connectivity index (χ3n) is 7.59. The van der Waals surface area contributed by atoms with Gasteiger partial charge in [0.2, 0.25) is 0 Å². The van der Waals surface area contributed by atoms with Gasteiger partial charge in [-0.2, -0.15) is 0 Å². The summed E-state index contributed by atoms with van der Waals surface area (Å²) in [5, 5.41) is 0. The van der Waals surface area contributed by atoms with E-state index < -0.39 is 11.6 Å². The smallest absolute Gasteiger partial charge is 0.166 e. The predicted molar refractivity (Wildman–Crippen MR) is 126 cm³/mol. The molecule has 0 bridgehead atoms. The van der Waals surface area contributed by atoms with Crippen molar-refractivity contribution in [2.75, 3.05) is 0 Å². The molecule has 0 aliphatic heterocycles.